The van der Waals surface area contributed by atoms with Crippen LogP contribution in [0.3, 0.4) is 0 Å². The van der Waals surface area contributed by atoms with Gasteiger partial charge in [-0.1, -0.05) is 0 Å². The smallest absolute Gasteiger partial charge is 0.0826 e. The van der Waals surface area contributed by atoms with E-state index in [-0.39, 0.29) is 0 Å². The molecule has 1 aromatic heterocycles. The molecular weight excluding hydrogens is 222 g/mol. The van der Waals surface area contributed by atoms with Gasteiger partial charge in [0.2, 0.25) is 0 Å². The van der Waals surface area contributed by atoms with Crippen LogP contribution in [0.25, 0.3) is 10.2 Å². The Bertz CT molecular complexity index is 394. The molecule has 0 N–H and O–H groups in total. The van der Waals surface area contributed by atoms with Crippen LogP contribution in [0.1, 0.15) is 5.56 Å². The third-order valence-electron chi connectivity index (χ3n) is 1.53. The summed E-state index contributed by atoms with van der Waals surface area (Å²) in [6.07, 6.45) is 0. The molecule has 3 heteroatoms. The molecule has 0 aliphatic heterocycles. The fourth-order valence-corrected chi connectivity index (χ4v) is 2.58. The van der Waals surface area contributed by atoms with Crippen molar-refractivity contribution < 1.29 is 0 Å². The lowest BCUT2D eigenvalue weighted by atomic mass is 10.2. The molecule has 2 aromatic rings. The Morgan fingerprint density at radius 1 is 1.45 bits per heavy atom. The van der Waals surface area contributed by atoms with Crippen LogP contribution < -0.4 is 0 Å². The van der Waals surface area contributed by atoms with Crippen molar-refractivity contribution >= 4 is 37.5 Å². The average Bonchev–Trinajstić information content (AvgIpc) is 2.34. The summed E-state index contributed by atoms with van der Waals surface area (Å²) >= 11 is 5.16. The van der Waals surface area contributed by atoms with Crippen LogP contribution in [0.15, 0.2) is 22.1 Å². The predicted octanol–water partition coefficient (Wildman–Crippen LogP) is 3.37. The van der Waals surface area contributed by atoms with E-state index in [1.807, 2.05) is 5.51 Å². The van der Waals surface area contributed by atoms with Crippen molar-refractivity contribution in [1.29, 1.82) is 0 Å². The van der Waals surface area contributed by atoms with E-state index < -0.39 is 0 Å². The molecule has 0 bridgehead atoms. The van der Waals surface area contributed by atoms with Crippen LogP contribution in [0.4, 0.5) is 0 Å². The molecule has 11 heavy (non-hydrogen) atoms. The molecule has 0 aliphatic carbocycles. The van der Waals surface area contributed by atoms with Crippen LogP contribution in [0.2, 0.25) is 0 Å². The number of rotatable bonds is 0. The number of nitrogens with zero attached hydrogens (tertiary/aromatic N) is 1. The minimum atomic E-state index is 1.09. The lowest BCUT2D eigenvalue weighted by molar-refractivity contribution is 1.44. The van der Waals surface area contributed by atoms with E-state index in [0.717, 1.165) is 9.99 Å². The Hall–Kier alpha value is -0.410. The predicted molar refractivity (Wildman–Crippen MR) is 52.1 cm³/mol. The molecule has 2 rings (SSSR count). The topological polar surface area (TPSA) is 12.9 Å². The van der Waals surface area contributed by atoms with Crippen molar-refractivity contribution in [3.8, 4) is 0 Å². The lowest BCUT2D eigenvalue weighted by Gasteiger charge is -1.94. The van der Waals surface area contributed by atoms with E-state index in [1.54, 1.807) is 11.3 Å². The quantitative estimate of drug-likeness (QED) is 0.673. The fraction of sp³-hybridized carbons (Fsp3) is 0.125. The van der Waals surface area contributed by atoms with Gasteiger partial charge in [0.15, 0.2) is 0 Å². The van der Waals surface area contributed by atoms with Gasteiger partial charge in [0.1, 0.15) is 0 Å². The number of thiazole rings is 1. The van der Waals surface area contributed by atoms with Crippen LogP contribution >= 0.6 is 27.3 Å². The van der Waals surface area contributed by atoms with E-state index in [1.165, 1.54) is 10.3 Å². The van der Waals surface area contributed by atoms with Gasteiger partial charge in [-0.2, -0.15) is 0 Å². The van der Waals surface area contributed by atoms with Gasteiger partial charge in [0, 0.05) is 4.47 Å². The first-order chi connectivity index (χ1) is 5.27. The second-order valence-electron chi connectivity index (χ2n) is 2.45. The molecule has 0 atom stereocenters. The number of aryl methyl sites for hydroxylation is 1. The van der Waals surface area contributed by atoms with Crippen molar-refractivity contribution in [3.05, 3.63) is 27.7 Å². The molecule has 1 nitrogen and oxygen atoms in total. The zero-order valence-electron chi connectivity index (χ0n) is 5.97. The number of hydrogen-bond acceptors (Lipinski definition) is 2. The molecule has 0 amide bonds. The number of halogens is 1. The zero-order chi connectivity index (χ0) is 7.84. The Morgan fingerprint density at radius 3 is 3.09 bits per heavy atom. The highest BCUT2D eigenvalue weighted by molar-refractivity contribution is 9.10. The van der Waals surface area contributed by atoms with Crippen molar-refractivity contribution in [1.82, 2.24) is 4.98 Å². The Labute approximate surface area is 77.2 Å². The SMILES string of the molecule is Cc1cc(Br)c2scnc2c1. The van der Waals surface area contributed by atoms with Gasteiger partial charge in [0.05, 0.1) is 15.7 Å². The van der Waals surface area contributed by atoms with Crippen LogP contribution in [-0.2, 0) is 0 Å². The minimum Gasteiger partial charge on any atom is -0.245 e. The third-order valence-corrected chi connectivity index (χ3v) is 3.29. The molecule has 0 radical (unpaired) electrons. The number of hydrogen-bond donors (Lipinski definition) is 0. The van der Waals surface area contributed by atoms with E-state index in [9.17, 15) is 0 Å². The minimum absolute atomic E-state index is 1.09. The van der Waals surface area contributed by atoms with Crippen LogP contribution in [-0.4, -0.2) is 4.98 Å². The summed E-state index contributed by atoms with van der Waals surface area (Å²) in [7, 11) is 0. The van der Waals surface area contributed by atoms with Gasteiger partial charge in [0.25, 0.3) is 0 Å². The summed E-state index contributed by atoms with van der Waals surface area (Å²) < 4.78 is 2.38. The Balaban J connectivity index is 2.91. The number of fused-ring (bicyclic) bond motifs is 1. The van der Waals surface area contributed by atoms with E-state index >= 15 is 0 Å². The summed E-state index contributed by atoms with van der Waals surface area (Å²) in [5, 5.41) is 0. The first-order valence-corrected chi connectivity index (χ1v) is 4.94. The van der Waals surface area contributed by atoms with Gasteiger partial charge < -0.3 is 0 Å². The summed E-state index contributed by atoms with van der Waals surface area (Å²) in [5.74, 6) is 0. The van der Waals surface area contributed by atoms with Gasteiger partial charge in [-0.3, -0.25) is 0 Å². The molecule has 0 fully saturated rings. The highest BCUT2D eigenvalue weighted by Crippen LogP contribution is 2.27. The van der Waals surface area contributed by atoms with Crippen molar-refractivity contribution in [3.63, 3.8) is 0 Å². The van der Waals surface area contributed by atoms with Crippen molar-refractivity contribution in [2.45, 2.75) is 6.92 Å². The van der Waals surface area contributed by atoms with Crippen molar-refractivity contribution in [2.75, 3.05) is 0 Å². The molecule has 1 aromatic carbocycles. The summed E-state index contributed by atoms with van der Waals surface area (Å²) in [6.45, 7) is 2.07. The molecule has 0 aliphatic rings. The summed E-state index contributed by atoms with van der Waals surface area (Å²) in [6, 6.07) is 4.21. The molecule has 1 heterocycles. The van der Waals surface area contributed by atoms with Crippen LogP contribution in [0, 0.1) is 6.92 Å². The first kappa shape index (κ1) is 7.25. The molecule has 0 saturated heterocycles. The Kier molecular flexibility index (Phi) is 1.69. The molecule has 0 saturated carbocycles. The normalized spacial score (nSPS) is 10.7. The van der Waals surface area contributed by atoms with Crippen LogP contribution in [0.5, 0.6) is 0 Å². The van der Waals surface area contributed by atoms with E-state index in [2.05, 4.69) is 40.0 Å². The Morgan fingerprint density at radius 2 is 2.27 bits per heavy atom. The van der Waals surface area contributed by atoms with Gasteiger partial charge in [-0.25, -0.2) is 4.98 Å². The summed E-state index contributed by atoms with van der Waals surface area (Å²) in [5.41, 5.74) is 4.20. The standard InChI is InChI=1S/C8H6BrNS/c1-5-2-6(9)8-7(3-5)10-4-11-8/h2-4H,1H3. The number of aromatic nitrogens is 1. The van der Waals surface area contributed by atoms with Gasteiger partial charge in [-0.05, 0) is 40.5 Å². The summed E-state index contributed by atoms with van der Waals surface area (Å²) in [4.78, 5) is 4.23. The maximum absolute atomic E-state index is 4.23. The monoisotopic (exact) mass is 227 g/mol. The van der Waals surface area contributed by atoms with E-state index in [4.69, 9.17) is 0 Å². The first-order valence-electron chi connectivity index (χ1n) is 3.27. The molecular formula is C8H6BrNS. The number of benzene rings is 1. The largest absolute Gasteiger partial charge is 0.245 e. The highest BCUT2D eigenvalue weighted by Gasteiger charge is 2.00. The lowest BCUT2D eigenvalue weighted by Crippen LogP contribution is -1.73. The average molecular weight is 228 g/mol. The van der Waals surface area contributed by atoms with Gasteiger partial charge in [-0.15, -0.1) is 11.3 Å². The van der Waals surface area contributed by atoms with E-state index in [0.29, 0.717) is 0 Å². The van der Waals surface area contributed by atoms with Gasteiger partial charge >= 0.3 is 0 Å². The molecule has 0 unspecified atom stereocenters. The third kappa shape index (κ3) is 1.19. The fourth-order valence-electron chi connectivity index (χ4n) is 1.06. The second kappa shape index (κ2) is 2.57. The molecule has 0 spiro atoms. The zero-order valence-corrected chi connectivity index (χ0v) is 8.37. The second-order valence-corrected chi connectivity index (χ2v) is 4.16. The molecule has 56 valence electrons. The highest BCUT2D eigenvalue weighted by atomic mass is 79.9. The maximum Gasteiger partial charge on any atom is 0.0826 e. The van der Waals surface area contributed by atoms with Crippen molar-refractivity contribution in [2.24, 2.45) is 0 Å². The maximum atomic E-state index is 4.23.